The largest absolute Gasteiger partial charge is 0.263 e. The molecule has 0 aliphatic heterocycles. The van der Waals surface area contributed by atoms with E-state index in [1.807, 2.05) is 0 Å². The normalized spacial score (nSPS) is 10.1. The topological polar surface area (TPSA) is 12.9 Å². The van der Waals surface area contributed by atoms with E-state index < -0.39 is 0 Å². The highest BCUT2D eigenvalue weighted by Gasteiger charge is 1.98. The maximum atomic E-state index is 12.6. The van der Waals surface area contributed by atoms with Gasteiger partial charge in [-0.2, -0.15) is 0 Å². The first kappa shape index (κ1) is 9.16. The van der Waals surface area contributed by atoms with Gasteiger partial charge in [-0.15, -0.1) is 0 Å². The second-order valence-corrected chi connectivity index (χ2v) is 3.34. The van der Waals surface area contributed by atoms with Crippen LogP contribution in [0.1, 0.15) is 0 Å². The van der Waals surface area contributed by atoms with Crippen LogP contribution in [0.3, 0.4) is 0 Å². The molecule has 2 aromatic rings. The molecule has 0 aliphatic rings. The van der Waals surface area contributed by atoms with Crippen LogP contribution in [0, 0.1) is 5.82 Å². The van der Waals surface area contributed by atoms with E-state index in [0.29, 0.717) is 5.02 Å². The number of hydrogen-bond donors (Lipinski definition) is 0. The summed E-state index contributed by atoms with van der Waals surface area (Å²) < 4.78 is 12.6. The second-order valence-electron chi connectivity index (χ2n) is 2.90. The van der Waals surface area contributed by atoms with Crippen molar-refractivity contribution in [2.45, 2.75) is 0 Å². The molecule has 0 radical (unpaired) electrons. The molecule has 0 amide bonds. The fraction of sp³-hybridized carbons (Fsp3) is 0. The summed E-state index contributed by atoms with van der Waals surface area (Å²) in [6.07, 6.45) is 3.26. The molecule has 2 rings (SSSR count). The zero-order valence-corrected chi connectivity index (χ0v) is 8.00. The average Bonchev–Trinajstić information content (AvgIpc) is 2.19. The fourth-order valence-electron chi connectivity index (χ4n) is 1.21. The van der Waals surface area contributed by atoms with Gasteiger partial charge < -0.3 is 0 Å². The fourth-order valence-corrected chi connectivity index (χ4v) is 1.39. The molecule has 1 aromatic carbocycles. The standard InChI is InChI=1S/C11H7ClFN/c12-10-5-9(6-14-7-10)8-1-3-11(13)4-2-8/h1-7H. The van der Waals surface area contributed by atoms with Crippen LogP contribution in [0.5, 0.6) is 0 Å². The minimum Gasteiger partial charge on any atom is -0.263 e. The van der Waals surface area contributed by atoms with Gasteiger partial charge in [-0.25, -0.2) is 4.39 Å². The van der Waals surface area contributed by atoms with Gasteiger partial charge >= 0.3 is 0 Å². The van der Waals surface area contributed by atoms with Gasteiger partial charge in [0, 0.05) is 18.0 Å². The predicted molar refractivity (Wildman–Crippen MR) is 54.6 cm³/mol. The van der Waals surface area contributed by atoms with Crippen molar-refractivity contribution in [1.29, 1.82) is 0 Å². The minimum atomic E-state index is -0.247. The van der Waals surface area contributed by atoms with Crippen molar-refractivity contribution in [2.75, 3.05) is 0 Å². The Morgan fingerprint density at radius 2 is 1.71 bits per heavy atom. The number of rotatable bonds is 1. The van der Waals surface area contributed by atoms with E-state index in [1.165, 1.54) is 12.1 Å². The van der Waals surface area contributed by atoms with Crippen LogP contribution < -0.4 is 0 Å². The van der Waals surface area contributed by atoms with Crippen LogP contribution in [0.25, 0.3) is 11.1 Å². The van der Waals surface area contributed by atoms with Crippen molar-refractivity contribution >= 4 is 11.6 Å². The smallest absolute Gasteiger partial charge is 0.123 e. The Hall–Kier alpha value is -1.41. The second kappa shape index (κ2) is 3.76. The molecule has 1 aromatic heterocycles. The highest BCUT2D eigenvalue weighted by molar-refractivity contribution is 6.30. The quantitative estimate of drug-likeness (QED) is 0.697. The predicted octanol–water partition coefficient (Wildman–Crippen LogP) is 3.54. The number of aromatic nitrogens is 1. The molecule has 0 N–H and O–H groups in total. The van der Waals surface area contributed by atoms with Crippen molar-refractivity contribution < 1.29 is 4.39 Å². The number of hydrogen-bond acceptors (Lipinski definition) is 1. The molecule has 70 valence electrons. The SMILES string of the molecule is Fc1ccc(-c2cncc(Cl)c2)cc1. The van der Waals surface area contributed by atoms with Crippen LogP contribution in [0.15, 0.2) is 42.7 Å². The number of nitrogens with zero attached hydrogens (tertiary/aromatic N) is 1. The zero-order chi connectivity index (χ0) is 9.97. The zero-order valence-electron chi connectivity index (χ0n) is 7.24. The first-order valence-corrected chi connectivity index (χ1v) is 4.50. The molecule has 14 heavy (non-hydrogen) atoms. The van der Waals surface area contributed by atoms with Crippen molar-refractivity contribution in [3.63, 3.8) is 0 Å². The first-order chi connectivity index (χ1) is 6.75. The van der Waals surface area contributed by atoms with Crippen LogP contribution >= 0.6 is 11.6 Å². The summed E-state index contributed by atoms with van der Waals surface area (Å²) in [6.45, 7) is 0. The van der Waals surface area contributed by atoms with Crippen molar-refractivity contribution in [3.8, 4) is 11.1 Å². The monoisotopic (exact) mass is 207 g/mol. The lowest BCUT2D eigenvalue weighted by Gasteiger charge is -2.00. The van der Waals surface area contributed by atoms with E-state index in [2.05, 4.69) is 4.98 Å². The summed E-state index contributed by atoms with van der Waals surface area (Å²) in [4.78, 5) is 3.96. The molecule has 0 spiro atoms. The molecular formula is C11H7ClFN. The van der Waals surface area contributed by atoms with Gasteiger partial charge in [-0.05, 0) is 23.8 Å². The van der Waals surface area contributed by atoms with Crippen LogP contribution in [0.2, 0.25) is 5.02 Å². The maximum Gasteiger partial charge on any atom is 0.123 e. The summed E-state index contributed by atoms with van der Waals surface area (Å²) >= 11 is 5.79. The Morgan fingerprint density at radius 1 is 1.00 bits per heavy atom. The summed E-state index contributed by atoms with van der Waals surface area (Å²) in [6, 6.07) is 8.01. The molecule has 0 bridgehead atoms. The van der Waals surface area contributed by atoms with Gasteiger partial charge in [-0.3, -0.25) is 4.98 Å². The van der Waals surface area contributed by atoms with E-state index in [4.69, 9.17) is 11.6 Å². The van der Waals surface area contributed by atoms with Gasteiger partial charge in [0.25, 0.3) is 0 Å². The summed E-state index contributed by atoms with van der Waals surface area (Å²) in [7, 11) is 0. The third-order valence-electron chi connectivity index (χ3n) is 1.88. The lowest BCUT2D eigenvalue weighted by molar-refractivity contribution is 0.628. The Kier molecular flexibility index (Phi) is 2.46. The maximum absolute atomic E-state index is 12.6. The van der Waals surface area contributed by atoms with Gasteiger partial charge in [0.2, 0.25) is 0 Å². The Labute approximate surface area is 86.2 Å². The highest BCUT2D eigenvalue weighted by atomic mass is 35.5. The Balaban J connectivity index is 2.44. The lowest BCUT2D eigenvalue weighted by atomic mass is 10.1. The molecule has 0 atom stereocenters. The Bertz CT molecular complexity index is 439. The molecule has 0 saturated carbocycles. The van der Waals surface area contributed by atoms with Crippen LogP contribution in [-0.2, 0) is 0 Å². The van der Waals surface area contributed by atoms with Crippen molar-refractivity contribution in [3.05, 3.63) is 53.6 Å². The lowest BCUT2D eigenvalue weighted by Crippen LogP contribution is -1.80. The molecule has 0 saturated heterocycles. The summed E-state index contributed by atoms with van der Waals surface area (Å²) in [5, 5.41) is 0.576. The first-order valence-electron chi connectivity index (χ1n) is 4.12. The van der Waals surface area contributed by atoms with E-state index in [-0.39, 0.29) is 5.82 Å². The molecule has 1 heterocycles. The molecule has 0 fully saturated rings. The van der Waals surface area contributed by atoms with E-state index in [9.17, 15) is 4.39 Å². The number of pyridine rings is 1. The van der Waals surface area contributed by atoms with Gasteiger partial charge in [0.15, 0.2) is 0 Å². The highest BCUT2D eigenvalue weighted by Crippen LogP contribution is 2.21. The van der Waals surface area contributed by atoms with Crippen molar-refractivity contribution in [1.82, 2.24) is 4.98 Å². The number of benzene rings is 1. The summed E-state index contributed by atoms with van der Waals surface area (Å²) in [5.74, 6) is -0.247. The van der Waals surface area contributed by atoms with Crippen LogP contribution in [0.4, 0.5) is 4.39 Å². The summed E-state index contributed by atoms with van der Waals surface area (Å²) in [5.41, 5.74) is 1.79. The van der Waals surface area contributed by atoms with Gasteiger partial charge in [-0.1, -0.05) is 23.7 Å². The molecule has 1 nitrogen and oxygen atoms in total. The average molecular weight is 208 g/mol. The Morgan fingerprint density at radius 3 is 2.36 bits per heavy atom. The van der Waals surface area contributed by atoms with Crippen LogP contribution in [-0.4, -0.2) is 4.98 Å². The van der Waals surface area contributed by atoms with E-state index >= 15 is 0 Å². The molecule has 0 unspecified atom stereocenters. The molecule has 3 heteroatoms. The molecular weight excluding hydrogens is 201 g/mol. The number of halogens is 2. The van der Waals surface area contributed by atoms with E-state index in [0.717, 1.165) is 11.1 Å². The van der Waals surface area contributed by atoms with Gasteiger partial charge in [0.1, 0.15) is 5.82 Å². The third-order valence-corrected chi connectivity index (χ3v) is 2.09. The molecule has 0 aliphatic carbocycles. The van der Waals surface area contributed by atoms with Gasteiger partial charge in [0.05, 0.1) is 5.02 Å². The third kappa shape index (κ3) is 1.91. The minimum absolute atomic E-state index is 0.247. The van der Waals surface area contributed by atoms with Crippen molar-refractivity contribution in [2.24, 2.45) is 0 Å². The van der Waals surface area contributed by atoms with E-state index in [1.54, 1.807) is 30.6 Å².